The highest BCUT2D eigenvalue weighted by Gasteiger charge is 2.26. The van der Waals surface area contributed by atoms with Crippen molar-refractivity contribution in [2.24, 2.45) is 5.73 Å². The average Bonchev–Trinajstić information content (AvgIpc) is 3.08. The van der Waals surface area contributed by atoms with Gasteiger partial charge in [-0.25, -0.2) is 13.1 Å². The zero-order valence-corrected chi connectivity index (χ0v) is 18.1. The number of hydrogen-bond acceptors (Lipinski definition) is 5. The van der Waals surface area contributed by atoms with Crippen LogP contribution in [-0.2, 0) is 16.6 Å². The highest BCUT2D eigenvalue weighted by molar-refractivity contribution is 9.10. The molecule has 0 atom stereocenters. The van der Waals surface area contributed by atoms with Gasteiger partial charge in [0.05, 0.1) is 7.11 Å². The van der Waals surface area contributed by atoms with E-state index < -0.39 is 15.9 Å². The molecule has 3 rings (SSSR count). The number of rotatable bonds is 9. The van der Waals surface area contributed by atoms with E-state index in [0.29, 0.717) is 28.5 Å². The van der Waals surface area contributed by atoms with Gasteiger partial charge < -0.3 is 20.8 Å². The van der Waals surface area contributed by atoms with E-state index >= 15 is 0 Å². The lowest BCUT2D eigenvalue weighted by atomic mass is 10.2. The number of nitrogens with two attached hydrogens (primary N) is 1. The predicted octanol–water partition coefficient (Wildman–Crippen LogP) is 2.11. The maximum atomic E-state index is 12.9. The summed E-state index contributed by atoms with van der Waals surface area (Å²) in [5.41, 5.74) is 6.80. The third-order valence-electron chi connectivity index (χ3n) is 4.31. The topological polar surface area (TPSA) is 126 Å². The van der Waals surface area contributed by atoms with Gasteiger partial charge in [0, 0.05) is 35.0 Å². The molecule has 5 N–H and O–H groups in total. The van der Waals surface area contributed by atoms with Gasteiger partial charge in [0.25, 0.3) is 5.91 Å². The third-order valence-corrected chi connectivity index (χ3v) is 6.35. The smallest absolute Gasteiger partial charge is 0.266 e. The second-order valence-corrected chi connectivity index (χ2v) is 8.93. The fourth-order valence-corrected chi connectivity index (χ4v) is 4.67. The minimum Gasteiger partial charge on any atom is -0.497 e. The Balaban J connectivity index is 1.67. The lowest BCUT2D eigenvalue weighted by Gasteiger charge is -2.09. The maximum Gasteiger partial charge on any atom is 0.266 e. The van der Waals surface area contributed by atoms with Crippen LogP contribution in [0.25, 0.3) is 10.9 Å². The lowest BCUT2D eigenvalue weighted by molar-refractivity contribution is 0.0993. The summed E-state index contributed by atoms with van der Waals surface area (Å²) in [5, 5.41) is 3.56. The minimum absolute atomic E-state index is 0.142. The van der Waals surface area contributed by atoms with Crippen LogP contribution in [0, 0.1) is 0 Å². The second kappa shape index (κ2) is 8.95. The van der Waals surface area contributed by atoms with Crippen LogP contribution in [0.2, 0.25) is 0 Å². The number of ether oxygens (including phenoxy) is 1. The number of halogens is 1. The van der Waals surface area contributed by atoms with E-state index in [-0.39, 0.29) is 17.1 Å². The van der Waals surface area contributed by atoms with Gasteiger partial charge in [0.2, 0.25) is 10.0 Å². The van der Waals surface area contributed by atoms with Gasteiger partial charge in [0.1, 0.15) is 16.3 Å². The molecule has 0 aliphatic rings. The number of hydrogen-bond donors (Lipinski definition) is 4. The Labute approximate surface area is 177 Å². The van der Waals surface area contributed by atoms with Crippen molar-refractivity contribution in [2.75, 3.05) is 20.2 Å². The molecule has 0 radical (unpaired) electrons. The van der Waals surface area contributed by atoms with E-state index in [1.165, 1.54) is 0 Å². The molecule has 154 valence electrons. The fraction of sp³-hybridized carbons (Fsp3) is 0.211. The fourth-order valence-electron chi connectivity index (χ4n) is 2.91. The molecule has 2 aromatic carbocycles. The van der Waals surface area contributed by atoms with Crippen LogP contribution in [-0.4, -0.2) is 39.5 Å². The van der Waals surface area contributed by atoms with Crippen LogP contribution in [0.3, 0.4) is 0 Å². The molecule has 0 unspecified atom stereocenters. The monoisotopic (exact) mass is 480 g/mol. The Hall–Kier alpha value is -2.40. The molecular weight excluding hydrogens is 460 g/mol. The van der Waals surface area contributed by atoms with Crippen LogP contribution >= 0.6 is 15.9 Å². The van der Waals surface area contributed by atoms with Gasteiger partial charge in [-0.05, 0) is 35.9 Å². The van der Waals surface area contributed by atoms with Crippen molar-refractivity contribution >= 4 is 42.8 Å². The van der Waals surface area contributed by atoms with Gasteiger partial charge in [0.15, 0.2) is 0 Å². The van der Waals surface area contributed by atoms with Crippen molar-refractivity contribution in [3.8, 4) is 5.75 Å². The van der Waals surface area contributed by atoms with Gasteiger partial charge >= 0.3 is 0 Å². The first-order valence-corrected chi connectivity index (χ1v) is 11.0. The van der Waals surface area contributed by atoms with Crippen LogP contribution in [0.1, 0.15) is 16.1 Å². The number of benzene rings is 2. The summed E-state index contributed by atoms with van der Waals surface area (Å²) in [4.78, 5) is 14.4. The molecule has 0 fully saturated rings. The maximum absolute atomic E-state index is 12.9. The Kier molecular flexibility index (Phi) is 6.58. The van der Waals surface area contributed by atoms with E-state index in [1.54, 1.807) is 25.3 Å². The molecule has 1 aromatic heterocycles. The molecule has 0 spiro atoms. The molecule has 0 aliphatic carbocycles. The van der Waals surface area contributed by atoms with Crippen molar-refractivity contribution in [2.45, 2.75) is 11.4 Å². The Morgan fingerprint density at radius 1 is 1.17 bits per heavy atom. The van der Waals surface area contributed by atoms with E-state index in [0.717, 1.165) is 11.3 Å². The number of aromatic amines is 1. The first-order valence-electron chi connectivity index (χ1n) is 8.76. The number of carbonyl (C=O) groups is 1. The quantitative estimate of drug-likeness (QED) is 0.349. The molecule has 29 heavy (non-hydrogen) atoms. The number of primary amides is 1. The Morgan fingerprint density at radius 3 is 2.55 bits per heavy atom. The molecule has 0 saturated heterocycles. The number of H-pyrrole nitrogens is 1. The zero-order chi connectivity index (χ0) is 21.0. The molecule has 3 aromatic rings. The van der Waals surface area contributed by atoms with Crippen molar-refractivity contribution < 1.29 is 17.9 Å². The molecule has 0 saturated carbocycles. The number of aromatic nitrogens is 1. The van der Waals surface area contributed by atoms with Gasteiger partial charge in [-0.2, -0.15) is 0 Å². The summed E-state index contributed by atoms with van der Waals surface area (Å²) in [7, 11) is -2.34. The summed E-state index contributed by atoms with van der Waals surface area (Å²) in [5.74, 6) is -0.0625. The molecule has 0 bridgehead atoms. The summed E-state index contributed by atoms with van der Waals surface area (Å²) in [6.07, 6.45) is 0. The number of methoxy groups -OCH3 is 1. The van der Waals surface area contributed by atoms with Gasteiger partial charge in [-0.1, -0.05) is 28.1 Å². The highest BCUT2D eigenvalue weighted by Crippen LogP contribution is 2.29. The van der Waals surface area contributed by atoms with Gasteiger partial charge in [-0.15, -0.1) is 0 Å². The first-order chi connectivity index (χ1) is 13.8. The molecule has 8 nitrogen and oxygen atoms in total. The number of sulfonamides is 1. The van der Waals surface area contributed by atoms with E-state index in [4.69, 9.17) is 10.5 Å². The lowest BCUT2D eigenvalue weighted by Crippen LogP contribution is -2.32. The summed E-state index contributed by atoms with van der Waals surface area (Å²) >= 11 is 3.32. The van der Waals surface area contributed by atoms with Crippen LogP contribution in [0.4, 0.5) is 0 Å². The standard InChI is InChI=1S/C19H21BrN4O4S/c1-28-14-5-2-12(3-6-14)11-22-8-9-23-29(26,27)18-15-10-13(20)4-7-16(15)24-17(18)19(21)25/h2-7,10,22-24H,8-9,11H2,1H3,(H2,21,25). The Morgan fingerprint density at radius 2 is 1.90 bits per heavy atom. The third kappa shape index (κ3) is 4.96. The van der Waals surface area contributed by atoms with Gasteiger partial charge in [-0.3, -0.25) is 4.79 Å². The summed E-state index contributed by atoms with van der Waals surface area (Å²) in [6.45, 7) is 1.14. The number of amides is 1. The normalized spacial score (nSPS) is 11.7. The largest absolute Gasteiger partial charge is 0.497 e. The van der Waals surface area contributed by atoms with Crippen LogP contribution < -0.4 is 20.5 Å². The highest BCUT2D eigenvalue weighted by atomic mass is 79.9. The van der Waals surface area contributed by atoms with Crippen LogP contribution in [0.5, 0.6) is 5.75 Å². The van der Waals surface area contributed by atoms with Crippen molar-refractivity contribution in [1.29, 1.82) is 0 Å². The summed E-state index contributed by atoms with van der Waals surface area (Å²) in [6, 6.07) is 12.6. The number of carbonyl (C=O) groups excluding carboxylic acids is 1. The second-order valence-electron chi connectivity index (χ2n) is 6.31. The van der Waals surface area contributed by atoms with E-state index in [2.05, 4.69) is 31.0 Å². The van der Waals surface area contributed by atoms with E-state index in [1.807, 2.05) is 24.3 Å². The average molecular weight is 481 g/mol. The molecule has 1 amide bonds. The zero-order valence-electron chi connectivity index (χ0n) is 15.7. The minimum atomic E-state index is -3.95. The molecule has 10 heteroatoms. The van der Waals surface area contributed by atoms with Crippen molar-refractivity contribution in [1.82, 2.24) is 15.0 Å². The predicted molar refractivity (Wildman–Crippen MR) is 114 cm³/mol. The Bertz CT molecular complexity index is 1130. The molecule has 1 heterocycles. The van der Waals surface area contributed by atoms with Crippen molar-refractivity contribution in [3.63, 3.8) is 0 Å². The molecule has 0 aliphatic heterocycles. The van der Waals surface area contributed by atoms with E-state index in [9.17, 15) is 13.2 Å². The SMILES string of the molecule is COc1ccc(CNCCNS(=O)(=O)c2c(C(N)=O)[nH]c3ccc(Br)cc23)cc1. The number of fused-ring (bicyclic) bond motifs is 1. The van der Waals surface area contributed by atoms with Crippen molar-refractivity contribution in [3.05, 3.63) is 58.2 Å². The van der Waals surface area contributed by atoms with Crippen LogP contribution in [0.15, 0.2) is 51.8 Å². The number of nitrogens with one attached hydrogen (secondary N) is 3. The summed E-state index contributed by atoms with van der Waals surface area (Å²) < 4.78 is 34.0. The first kappa shape index (κ1) is 21.3. The molecular formula is C19H21BrN4O4S.